The van der Waals surface area contributed by atoms with E-state index < -0.39 is 17.6 Å². The summed E-state index contributed by atoms with van der Waals surface area (Å²) in [5.41, 5.74) is -0.180. The van der Waals surface area contributed by atoms with E-state index in [0.717, 1.165) is 28.8 Å². The number of ether oxygens (including phenoxy) is 1. The van der Waals surface area contributed by atoms with Crippen molar-refractivity contribution in [2.24, 2.45) is 0 Å². The van der Waals surface area contributed by atoms with Gasteiger partial charge in [-0.1, -0.05) is 17.7 Å². The molecule has 1 aromatic carbocycles. The Bertz CT molecular complexity index is 863. The molecule has 2 aromatic rings. The van der Waals surface area contributed by atoms with E-state index in [2.05, 4.69) is 4.98 Å². The summed E-state index contributed by atoms with van der Waals surface area (Å²) >= 11 is 0. The Morgan fingerprint density at radius 3 is 2.19 bits per heavy atom. The zero-order chi connectivity index (χ0) is 19.3. The molecular weight excluding hydrogens is 347 g/mol. The molecule has 0 atom stereocenters. The minimum Gasteiger partial charge on any atom is -0.545 e. The van der Waals surface area contributed by atoms with Crippen LogP contribution in [0.2, 0.25) is 0 Å². The fraction of sp³-hybridized carbons (Fsp3) is 0.368. The molecular formula is C19H17F3NO3-. The van der Waals surface area contributed by atoms with Crippen LogP contribution in [0.25, 0.3) is 0 Å². The summed E-state index contributed by atoms with van der Waals surface area (Å²) in [6.45, 7) is 5.45. The molecule has 1 fully saturated rings. The summed E-state index contributed by atoms with van der Waals surface area (Å²) in [5, 5.41) is 11.4. The first-order valence-corrected chi connectivity index (χ1v) is 8.10. The van der Waals surface area contributed by atoms with Crippen molar-refractivity contribution in [3.63, 3.8) is 0 Å². The monoisotopic (exact) mass is 364 g/mol. The van der Waals surface area contributed by atoms with Gasteiger partial charge in [-0.25, -0.2) is 4.98 Å². The topological polar surface area (TPSA) is 62.2 Å². The SMILES string of the molecule is Cc1cc(C)c(Oc2nc(C3(C(F)(F)F)CC3)ccc2C(=O)[O-])c(C)c1. The third-order valence-corrected chi connectivity index (χ3v) is 4.67. The van der Waals surface area contributed by atoms with Gasteiger partial charge in [0.15, 0.2) is 0 Å². The summed E-state index contributed by atoms with van der Waals surface area (Å²) in [6, 6.07) is 5.83. The van der Waals surface area contributed by atoms with Crippen molar-refractivity contribution in [1.82, 2.24) is 4.98 Å². The van der Waals surface area contributed by atoms with Crippen molar-refractivity contribution in [2.45, 2.75) is 45.2 Å². The molecule has 1 aromatic heterocycles. The van der Waals surface area contributed by atoms with E-state index >= 15 is 0 Å². The molecule has 1 aliphatic rings. The second-order valence-corrected chi connectivity index (χ2v) is 6.75. The second-order valence-electron chi connectivity index (χ2n) is 6.75. The molecule has 0 N–H and O–H groups in total. The molecule has 138 valence electrons. The van der Waals surface area contributed by atoms with Gasteiger partial charge in [-0.15, -0.1) is 0 Å². The van der Waals surface area contributed by atoms with Crippen molar-refractivity contribution >= 4 is 5.97 Å². The number of pyridine rings is 1. The largest absolute Gasteiger partial charge is 0.545 e. The Labute approximate surface area is 148 Å². The highest BCUT2D eigenvalue weighted by atomic mass is 19.4. The lowest BCUT2D eigenvalue weighted by atomic mass is 10.0. The van der Waals surface area contributed by atoms with Gasteiger partial charge in [0.25, 0.3) is 0 Å². The maximum atomic E-state index is 13.4. The van der Waals surface area contributed by atoms with Crippen molar-refractivity contribution in [2.75, 3.05) is 0 Å². The lowest BCUT2D eigenvalue weighted by Crippen LogP contribution is -2.30. The number of carbonyl (C=O) groups is 1. The number of carbonyl (C=O) groups excluding carboxylic acids is 1. The number of aromatic nitrogens is 1. The summed E-state index contributed by atoms with van der Waals surface area (Å²) < 4.78 is 45.8. The first kappa shape index (κ1) is 18.2. The number of carboxylic acid groups (broad SMARTS) is 1. The van der Waals surface area contributed by atoms with Gasteiger partial charge in [-0.2, -0.15) is 13.2 Å². The highest BCUT2D eigenvalue weighted by molar-refractivity contribution is 5.88. The molecule has 4 nitrogen and oxygen atoms in total. The number of aromatic carboxylic acids is 1. The van der Waals surface area contributed by atoms with Crippen LogP contribution in [0.1, 0.15) is 45.6 Å². The molecule has 0 radical (unpaired) electrons. The van der Waals surface area contributed by atoms with Gasteiger partial charge in [-0.05, 0) is 56.9 Å². The Morgan fingerprint density at radius 2 is 1.73 bits per heavy atom. The minimum absolute atomic E-state index is 0.0732. The predicted molar refractivity (Wildman–Crippen MR) is 86.3 cm³/mol. The third kappa shape index (κ3) is 3.02. The first-order chi connectivity index (χ1) is 12.0. The van der Waals surface area contributed by atoms with Crippen LogP contribution in [0.5, 0.6) is 11.6 Å². The smallest absolute Gasteiger partial charge is 0.399 e. The van der Waals surface area contributed by atoms with Crippen LogP contribution in [0, 0.1) is 20.8 Å². The average Bonchev–Trinajstić information content (AvgIpc) is 3.32. The van der Waals surface area contributed by atoms with Crippen LogP contribution in [0.4, 0.5) is 13.2 Å². The second kappa shape index (κ2) is 6.00. The molecule has 1 heterocycles. The van der Waals surface area contributed by atoms with Crippen molar-refractivity contribution < 1.29 is 27.8 Å². The summed E-state index contributed by atoms with van der Waals surface area (Å²) in [7, 11) is 0. The van der Waals surface area contributed by atoms with E-state index in [1.54, 1.807) is 13.8 Å². The van der Waals surface area contributed by atoms with Crippen LogP contribution in [0.15, 0.2) is 24.3 Å². The van der Waals surface area contributed by atoms with Gasteiger partial charge >= 0.3 is 6.18 Å². The average molecular weight is 364 g/mol. The number of nitrogens with zero attached hydrogens (tertiary/aromatic N) is 1. The number of rotatable bonds is 4. The minimum atomic E-state index is -4.45. The maximum Gasteiger partial charge on any atom is 0.399 e. The number of benzene rings is 1. The summed E-state index contributed by atoms with van der Waals surface area (Å²) in [6.07, 6.45) is -4.59. The fourth-order valence-corrected chi connectivity index (χ4v) is 3.17. The number of hydrogen-bond donors (Lipinski definition) is 0. The molecule has 0 spiro atoms. The van der Waals surface area contributed by atoms with Gasteiger partial charge in [0.05, 0.1) is 17.2 Å². The van der Waals surface area contributed by atoms with E-state index in [-0.39, 0.29) is 30.0 Å². The molecule has 1 saturated carbocycles. The highest BCUT2D eigenvalue weighted by Gasteiger charge is 2.65. The normalized spacial score (nSPS) is 15.6. The number of aryl methyl sites for hydroxylation is 3. The quantitative estimate of drug-likeness (QED) is 0.829. The zero-order valence-electron chi connectivity index (χ0n) is 14.5. The van der Waals surface area contributed by atoms with E-state index in [1.165, 1.54) is 0 Å². The molecule has 0 bridgehead atoms. The molecule has 3 rings (SSSR count). The Kier molecular flexibility index (Phi) is 4.21. The number of halogens is 3. The van der Waals surface area contributed by atoms with Gasteiger partial charge in [0.1, 0.15) is 11.2 Å². The number of alkyl halides is 3. The Balaban J connectivity index is 2.09. The molecule has 0 saturated heterocycles. The molecule has 1 aliphatic carbocycles. The zero-order valence-corrected chi connectivity index (χ0v) is 14.5. The van der Waals surface area contributed by atoms with Gasteiger partial charge in [0, 0.05) is 0 Å². The maximum absolute atomic E-state index is 13.4. The first-order valence-electron chi connectivity index (χ1n) is 8.10. The molecule has 0 amide bonds. The standard InChI is InChI=1S/C19H18F3NO3/c1-10-8-11(2)15(12(3)9-10)26-16-13(17(24)25)4-5-14(23-16)18(6-7-18)19(20,21)22/h4-5,8-9H,6-7H2,1-3H3,(H,24,25)/p-1. The number of hydrogen-bond acceptors (Lipinski definition) is 4. The van der Waals surface area contributed by atoms with Gasteiger partial charge < -0.3 is 14.6 Å². The van der Waals surface area contributed by atoms with Gasteiger partial charge in [0.2, 0.25) is 5.88 Å². The van der Waals surface area contributed by atoms with Crippen LogP contribution in [0.3, 0.4) is 0 Å². The highest BCUT2D eigenvalue weighted by Crippen LogP contribution is 2.58. The van der Waals surface area contributed by atoms with E-state index in [1.807, 2.05) is 19.1 Å². The van der Waals surface area contributed by atoms with Crippen molar-refractivity contribution in [3.8, 4) is 11.6 Å². The summed E-state index contributed by atoms with van der Waals surface area (Å²) in [4.78, 5) is 15.3. The van der Waals surface area contributed by atoms with Crippen LogP contribution < -0.4 is 9.84 Å². The predicted octanol–water partition coefficient (Wildman–Crippen LogP) is 3.76. The lowest BCUT2D eigenvalue weighted by molar-refractivity contribution is -0.255. The van der Waals surface area contributed by atoms with E-state index in [9.17, 15) is 23.1 Å². The van der Waals surface area contributed by atoms with Crippen LogP contribution in [-0.2, 0) is 5.41 Å². The number of carboxylic acids is 1. The lowest BCUT2D eigenvalue weighted by Gasteiger charge is -2.21. The van der Waals surface area contributed by atoms with Crippen LogP contribution in [-0.4, -0.2) is 17.1 Å². The van der Waals surface area contributed by atoms with Crippen LogP contribution >= 0.6 is 0 Å². The van der Waals surface area contributed by atoms with Crippen molar-refractivity contribution in [3.05, 3.63) is 52.2 Å². The van der Waals surface area contributed by atoms with Gasteiger partial charge in [-0.3, -0.25) is 0 Å². The Morgan fingerprint density at radius 1 is 1.15 bits per heavy atom. The van der Waals surface area contributed by atoms with E-state index in [4.69, 9.17) is 4.74 Å². The summed E-state index contributed by atoms with van der Waals surface area (Å²) in [5.74, 6) is -1.56. The van der Waals surface area contributed by atoms with E-state index in [0.29, 0.717) is 5.75 Å². The fourth-order valence-electron chi connectivity index (χ4n) is 3.17. The Hall–Kier alpha value is -2.57. The third-order valence-electron chi connectivity index (χ3n) is 4.67. The molecule has 0 unspecified atom stereocenters. The molecule has 26 heavy (non-hydrogen) atoms. The molecule has 7 heteroatoms. The molecule has 0 aliphatic heterocycles. The van der Waals surface area contributed by atoms with Crippen molar-refractivity contribution in [1.29, 1.82) is 0 Å².